The number of carbonyl (C=O) groups is 1. The van der Waals surface area contributed by atoms with Crippen molar-refractivity contribution >= 4 is 16.0 Å². The second-order valence-electron chi connectivity index (χ2n) is 3.60. The van der Waals surface area contributed by atoms with Crippen molar-refractivity contribution in [1.29, 1.82) is 0 Å². The van der Waals surface area contributed by atoms with Crippen LogP contribution in [-0.2, 0) is 10.0 Å². The van der Waals surface area contributed by atoms with E-state index >= 15 is 0 Å². The molecular formula is C11H14N2O4S. The van der Waals surface area contributed by atoms with E-state index in [1.165, 1.54) is 0 Å². The van der Waals surface area contributed by atoms with Crippen molar-refractivity contribution in [2.75, 3.05) is 13.1 Å². The Morgan fingerprint density at radius 1 is 1.61 bits per heavy atom. The molecule has 18 heavy (non-hydrogen) atoms. The molecule has 0 bridgehead atoms. The Morgan fingerprint density at radius 2 is 2.28 bits per heavy atom. The van der Waals surface area contributed by atoms with Crippen molar-refractivity contribution in [1.82, 2.24) is 9.29 Å². The summed E-state index contributed by atoms with van der Waals surface area (Å²) >= 11 is 0. The minimum Gasteiger partial charge on any atom is -0.477 e. The number of nitrogens with one attached hydrogen (secondary N) is 1. The van der Waals surface area contributed by atoms with Gasteiger partial charge in [0.25, 0.3) is 0 Å². The van der Waals surface area contributed by atoms with Crippen molar-refractivity contribution in [3.63, 3.8) is 0 Å². The first-order chi connectivity index (χ1) is 8.43. The summed E-state index contributed by atoms with van der Waals surface area (Å²) in [6.45, 7) is 2.09. The molecule has 0 saturated carbocycles. The van der Waals surface area contributed by atoms with Gasteiger partial charge >= 0.3 is 5.97 Å². The van der Waals surface area contributed by atoms with Gasteiger partial charge < -0.3 is 10.1 Å². The number of rotatable bonds is 6. The predicted octanol–water partition coefficient (Wildman–Crippen LogP) is 0.747. The minimum atomic E-state index is -3.74. The highest BCUT2D eigenvalue weighted by atomic mass is 32.2. The molecule has 0 aliphatic rings. The molecule has 0 aromatic carbocycles. The Balaban J connectivity index is 3.10. The number of H-pyrrole nitrogens is 1. The Morgan fingerprint density at radius 3 is 2.72 bits per heavy atom. The van der Waals surface area contributed by atoms with Crippen LogP contribution in [-0.4, -0.2) is 41.9 Å². The maximum atomic E-state index is 12.2. The van der Waals surface area contributed by atoms with E-state index in [1.807, 2.05) is 6.92 Å². The van der Waals surface area contributed by atoms with Crippen molar-refractivity contribution in [3.8, 4) is 12.3 Å². The number of hydrogen-bond donors (Lipinski definition) is 2. The van der Waals surface area contributed by atoms with E-state index in [2.05, 4.69) is 10.9 Å². The third-order valence-electron chi connectivity index (χ3n) is 2.27. The molecule has 98 valence electrons. The summed E-state index contributed by atoms with van der Waals surface area (Å²) in [6, 6.07) is 1.08. The molecule has 1 heterocycles. The lowest BCUT2D eigenvalue weighted by molar-refractivity contribution is 0.0691. The van der Waals surface area contributed by atoms with E-state index in [1.54, 1.807) is 0 Å². The van der Waals surface area contributed by atoms with Gasteiger partial charge in [0.15, 0.2) is 0 Å². The number of aromatic amines is 1. The summed E-state index contributed by atoms with van der Waals surface area (Å²) in [5.41, 5.74) is -0.175. The number of aromatic nitrogens is 1. The molecule has 0 amide bonds. The number of hydrogen-bond acceptors (Lipinski definition) is 3. The SMILES string of the molecule is C#CCN(CCC)S(=O)(=O)c1c[nH]c(C(=O)O)c1. The summed E-state index contributed by atoms with van der Waals surface area (Å²) in [5, 5.41) is 8.74. The van der Waals surface area contributed by atoms with Crippen molar-refractivity contribution < 1.29 is 18.3 Å². The fraction of sp³-hybridized carbons (Fsp3) is 0.364. The van der Waals surface area contributed by atoms with Crippen LogP contribution in [0, 0.1) is 12.3 Å². The zero-order chi connectivity index (χ0) is 13.8. The van der Waals surface area contributed by atoms with E-state index in [0.717, 1.165) is 16.6 Å². The van der Waals surface area contributed by atoms with Gasteiger partial charge in [0.1, 0.15) is 10.6 Å². The lowest BCUT2D eigenvalue weighted by atomic mass is 10.4. The Hall–Kier alpha value is -1.78. The zero-order valence-electron chi connectivity index (χ0n) is 9.88. The van der Waals surface area contributed by atoms with Crippen LogP contribution in [0.1, 0.15) is 23.8 Å². The lowest BCUT2D eigenvalue weighted by Crippen LogP contribution is -2.32. The van der Waals surface area contributed by atoms with Crippen molar-refractivity contribution in [2.24, 2.45) is 0 Å². The van der Waals surface area contributed by atoms with Crippen LogP contribution >= 0.6 is 0 Å². The van der Waals surface area contributed by atoms with Crippen LogP contribution < -0.4 is 0 Å². The van der Waals surface area contributed by atoms with Gasteiger partial charge in [-0.05, 0) is 12.5 Å². The summed E-state index contributed by atoms with van der Waals surface area (Å²) < 4.78 is 25.5. The number of sulfonamides is 1. The molecule has 0 saturated heterocycles. The molecule has 0 spiro atoms. The molecule has 1 aromatic heterocycles. The summed E-state index contributed by atoms with van der Waals surface area (Å²) in [4.78, 5) is 13.0. The Bertz CT molecular complexity index is 568. The zero-order valence-corrected chi connectivity index (χ0v) is 10.7. The van der Waals surface area contributed by atoms with Gasteiger partial charge in [0.05, 0.1) is 6.54 Å². The number of terminal acetylenes is 1. The Kier molecular flexibility index (Phi) is 4.53. The molecule has 0 unspecified atom stereocenters. The van der Waals surface area contributed by atoms with Gasteiger partial charge in [0, 0.05) is 12.7 Å². The molecule has 7 heteroatoms. The lowest BCUT2D eigenvalue weighted by Gasteiger charge is -2.17. The molecule has 0 radical (unpaired) electrons. The largest absolute Gasteiger partial charge is 0.477 e. The van der Waals surface area contributed by atoms with E-state index in [0.29, 0.717) is 13.0 Å². The monoisotopic (exact) mass is 270 g/mol. The number of nitrogens with zero attached hydrogens (tertiary/aromatic N) is 1. The number of aromatic carboxylic acids is 1. The Labute approximate surface area is 106 Å². The second-order valence-corrected chi connectivity index (χ2v) is 5.53. The van der Waals surface area contributed by atoms with Crippen molar-refractivity contribution in [2.45, 2.75) is 18.2 Å². The van der Waals surface area contributed by atoms with Crippen LogP contribution in [0.5, 0.6) is 0 Å². The average molecular weight is 270 g/mol. The third kappa shape index (κ3) is 2.91. The number of carboxylic acids is 1. The van der Waals surface area contributed by atoms with E-state index in [4.69, 9.17) is 11.5 Å². The maximum absolute atomic E-state index is 12.2. The highest BCUT2D eigenvalue weighted by Crippen LogP contribution is 2.16. The topological polar surface area (TPSA) is 90.5 Å². The first-order valence-corrected chi connectivity index (χ1v) is 6.72. The highest BCUT2D eigenvalue weighted by molar-refractivity contribution is 7.89. The predicted molar refractivity (Wildman–Crippen MR) is 65.6 cm³/mol. The van der Waals surface area contributed by atoms with Crippen LogP contribution in [0.15, 0.2) is 17.2 Å². The summed E-state index contributed by atoms with van der Waals surface area (Å²) in [5.74, 6) is 1.07. The minimum absolute atomic E-state index is 0.0379. The third-order valence-corrected chi connectivity index (χ3v) is 4.09. The normalized spacial score (nSPS) is 11.4. The quantitative estimate of drug-likeness (QED) is 0.746. The summed E-state index contributed by atoms with van der Waals surface area (Å²) in [6.07, 6.45) is 6.90. The van der Waals surface area contributed by atoms with Gasteiger partial charge in [-0.15, -0.1) is 6.42 Å². The van der Waals surface area contributed by atoms with Gasteiger partial charge in [-0.2, -0.15) is 4.31 Å². The van der Waals surface area contributed by atoms with E-state index in [9.17, 15) is 13.2 Å². The van der Waals surface area contributed by atoms with Crippen LogP contribution in [0.4, 0.5) is 0 Å². The molecule has 1 aromatic rings. The second kappa shape index (κ2) is 5.71. The number of carboxylic acid groups (broad SMARTS) is 1. The first-order valence-electron chi connectivity index (χ1n) is 5.28. The fourth-order valence-electron chi connectivity index (χ4n) is 1.43. The standard InChI is InChI=1S/C11H14N2O4S/c1-3-5-13(6-4-2)18(16,17)9-7-10(11(14)15)12-8-9/h1,7-8,12H,4-6H2,2H3,(H,14,15). The maximum Gasteiger partial charge on any atom is 0.352 e. The first kappa shape index (κ1) is 14.3. The van der Waals surface area contributed by atoms with Gasteiger partial charge in [0.2, 0.25) is 10.0 Å². The van der Waals surface area contributed by atoms with Gasteiger partial charge in [-0.25, -0.2) is 13.2 Å². The molecule has 6 nitrogen and oxygen atoms in total. The van der Waals surface area contributed by atoms with Crippen molar-refractivity contribution in [3.05, 3.63) is 18.0 Å². The van der Waals surface area contributed by atoms with Gasteiger partial charge in [-0.1, -0.05) is 12.8 Å². The van der Waals surface area contributed by atoms with Crippen LogP contribution in [0.25, 0.3) is 0 Å². The molecule has 1 rings (SSSR count). The van der Waals surface area contributed by atoms with E-state index < -0.39 is 16.0 Å². The smallest absolute Gasteiger partial charge is 0.352 e. The van der Waals surface area contributed by atoms with E-state index in [-0.39, 0.29) is 17.1 Å². The summed E-state index contributed by atoms with van der Waals surface area (Å²) in [7, 11) is -3.74. The highest BCUT2D eigenvalue weighted by Gasteiger charge is 2.25. The molecule has 0 atom stereocenters. The van der Waals surface area contributed by atoms with Crippen LogP contribution in [0.3, 0.4) is 0 Å². The van der Waals surface area contributed by atoms with Crippen LogP contribution in [0.2, 0.25) is 0 Å². The molecule has 0 fully saturated rings. The average Bonchev–Trinajstić information content (AvgIpc) is 2.78. The van der Waals surface area contributed by atoms with Gasteiger partial charge in [-0.3, -0.25) is 0 Å². The molecule has 0 aliphatic heterocycles. The fourth-order valence-corrected chi connectivity index (χ4v) is 2.87. The molecular weight excluding hydrogens is 256 g/mol. The molecule has 2 N–H and O–H groups in total. The molecule has 0 aliphatic carbocycles.